The molecule has 0 aromatic heterocycles. The highest BCUT2D eigenvalue weighted by atomic mass is 16.1. The van der Waals surface area contributed by atoms with Crippen molar-refractivity contribution in [1.82, 2.24) is 0 Å². The van der Waals surface area contributed by atoms with E-state index in [1.807, 2.05) is 37.3 Å². The number of nitrogens with two attached hydrogens (primary N) is 1. The van der Waals surface area contributed by atoms with Gasteiger partial charge in [0.1, 0.15) is 0 Å². The third-order valence-corrected chi connectivity index (χ3v) is 2.50. The van der Waals surface area contributed by atoms with Gasteiger partial charge < -0.3 is 5.73 Å². The number of allylic oxidation sites excluding steroid dienone is 1. The van der Waals surface area contributed by atoms with Gasteiger partial charge in [0.05, 0.1) is 0 Å². The molecule has 0 saturated carbocycles. The van der Waals surface area contributed by atoms with E-state index in [1.165, 1.54) is 0 Å². The predicted molar refractivity (Wildman–Crippen MR) is 67.7 cm³/mol. The maximum atomic E-state index is 11.1. The Morgan fingerprint density at radius 3 is 2.24 bits per heavy atom. The third-order valence-electron chi connectivity index (χ3n) is 2.50. The number of amides is 1. The fraction of sp³-hybridized carbons (Fsp3) is 0.286. The summed E-state index contributed by atoms with van der Waals surface area (Å²) >= 11 is 0. The van der Waals surface area contributed by atoms with Gasteiger partial charge in [0.25, 0.3) is 0 Å². The van der Waals surface area contributed by atoms with Gasteiger partial charge in [0.2, 0.25) is 5.91 Å². The molecule has 0 aliphatic heterocycles. The van der Waals surface area contributed by atoms with Gasteiger partial charge in [-0.25, -0.2) is 0 Å². The molecule has 0 heterocycles. The average Bonchev–Trinajstić information content (AvgIpc) is 2.26. The molecule has 0 radical (unpaired) electrons. The van der Waals surface area contributed by atoms with E-state index in [2.05, 4.69) is 0 Å². The Morgan fingerprint density at radius 2 is 1.76 bits per heavy atom. The highest BCUT2D eigenvalue weighted by Gasteiger charge is 1.99. The van der Waals surface area contributed by atoms with E-state index in [-0.39, 0.29) is 11.7 Å². The minimum Gasteiger partial charge on any atom is -0.369 e. The summed E-state index contributed by atoms with van der Waals surface area (Å²) in [4.78, 5) is 21.8. The first kappa shape index (κ1) is 13.2. The molecule has 0 fully saturated rings. The van der Waals surface area contributed by atoms with E-state index in [9.17, 15) is 9.59 Å². The molecule has 1 aromatic rings. The largest absolute Gasteiger partial charge is 0.369 e. The van der Waals surface area contributed by atoms with Crippen LogP contribution in [0.5, 0.6) is 0 Å². The van der Waals surface area contributed by atoms with Crippen LogP contribution in [0, 0.1) is 0 Å². The van der Waals surface area contributed by atoms with Crippen molar-refractivity contribution < 1.29 is 9.59 Å². The Morgan fingerprint density at radius 1 is 1.18 bits per heavy atom. The second kappa shape index (κ2) is 5.99. The topological polar surface area (TPSA) is 60.2 Å². The molecule has 1 aromatic carbocycles. The number of rotatable bonds is 5. The first-order valence-corrected chi connectivity index (χ1v) is 5.53. The maximum Gasteiger partial charge on any atom is 0.221 e. The second-order valence-electron chi connectivity index (χ2n) is 4.15. The van der Waals surface area contributed by atoms with Crippen molar-refractivity contribution in [2.75, 3.05) is 0 Å². The van der Waals surface area contributed by atoms with E-state index >= 15 is 0 Å². The minimum atomic E-state index is -0.314. The summed E-state index contributed by atoms with van der Waals surface area (Å²) in [5.41, 5.74) is 7.89. The van der Waals surface area contributed by atoms with Crippen LogP contribution < -0.4 is 5.73 Å². The van der Waals surface area contributed by atoms with E-state index in [0.717, 1.165) is 17.6 Å². The van der Waals surface area contributed by atoms with Gasteiger partial charge in [-0.1, -0.05) is 35.9 Å². The fourth-order valence-electron chi connectivity index (χ4n) is 1.51. The molecule has 0 saturated heterocycles. The molecule has 90 valence electrons. The van der Waals surface area contributed by atoms with Crippen molar-refractivity contribution in [3.05, 3.63) is 47.0 Å². The average molecular weight is 231 g/mol. The molecular formula is C14H17NO2. The smallest absolute Gasteiger partial charge is 0.221 e. The molecule has 1 rings (SSSR count). The molecule has 0 aliphatic carbocycles. The zero-order valence-electron chi connectivity index (χ0n) is 10.2. The molecule has 0 aliphatic rings. The lowest BCUT2D eigenvalue weighted by Gasteiger charge is -2.01. The molecule has 2 N–H and O–H groups in total. The van der Waals surface area contributed by atoms with E-state index in [4.69, 9.17) is 5.73 Å². The SMILES string of the molecule is CC(=O)c1ccc(C/C=C(\C)CC(N)=O)cc1. The number of carbonyl (C=O) groups is 2. The van der Waals surface area contributed by atoms with Gasteiger partial charge >= 0.3 is 0 Å². The van der Waals surface area contributed by atoms with Gasteiger partial charge in [-0.2, -0.15) is 0 Å². The van der Waals surface area contributed by atoms with Crippen LogP contribution >= 0.6 is 0 Å². The Hall–Kier alpha value is -1.90. The molecule has 1 amide bonds. The minimum absolute atomic E-state index is 0.0667. The molecule has 0 unspecified atom stereocenters. The number of hydrogen-bond donors (Lipinski definition) is 1. The van der Waals surface area contributed by atoms with Crippen molar-refractivity contribution in [2.45, 2.75) is 26.7 Å². The van der Waals surface area contributed by atoms with Crippen molar-refractivity contribution >= 4 is 11.7 Å². The van der Waals surface area contributed by atoms with Gasteiger partial charge in [0.15, 0.2) is 5.78 Å². The van der Waals surface area contributed by atoms with Crippen LogP contribution in [0.15, 0.2) is 35.9 Å². The first-order valence-electron chi connectivity index (χ1n) is 5.53. The highest BCUT2D eigenvalue weighted by molar-refractivity contribution is 5.94. The Labute approximate surface area is 101 Å². The summed E-state index contributed by atoms with van der Waals surface area (Å²) in [6, 6.07) is 7.47. The Balaban J connectivity index is 2.63. The van der Waals surface area contributed by atoms with Gasteiger partial charge in [0, 0.05) is 12.0 Å². The standard InChI is InChI=1S/C14H17NO2/c1-10(9-14(15)17)3-4-12-5-7-13(8-6-12)11(2)16/h3,5-8H,4,9H2,1-2H3,(H2,15,17)/b10-3+. The van der Waals surface area contributed by atoms with Crippen LogP contribution in [-0.2, 0) is 11.2 Å². The molecule has 0 spiro atoms. The number of benzene rings is 1. The summed E-state index contributed by atoms with van der Waals surface area (Å²) < 4.78 is 0. The second-order valence-corrected chi connectivity index (χ2v) is 4.15. The van der Waals surface area contributed by atoms with E-state index in [1.54, 1.807) is 6.92 Å². The van der Waals surface area contributed by atoms with Gasteiger partial charge in [-0.15, -0.1) is 0 Å². The Kier molecular flexibility index (Phi) is 4.64. The summed E-state index contributed by atoms with van der Waals surface area (Å²) in [6.07, 6.45) is 3.02. The monoisotopic (exact) mass is 231 g/mol. The fourth-order valence-corrected chi connectivity index (χ4v) is 1.51. The molecule has 3 heteroatoms. The molecule has 17 heavy (non-hydrogen) atoms. The van der Waals surface area contributed by atoms with Crippen LogP contribution in [0.1, 0.15) is 36.2 Å². The Bertz CT molecular complexity index is 444. The molecule has 3 nitrogen and oxygen atoms in total. The zero-order chi connectivity index (χ0) is 12.8. The third kappa shape index (κ3) is 4.64. The summed E-state index contributed by atoms with van der Waals surface area (Å²) in [5.74, 6) is -0.248. The van der Waals surface area contributed by atoms with Crippen molar-refractivity contribution in [3.63, 3.8) is 0 Å². The number of Topliss-reactive ketones (excluding diaryl/α,β-unsaturated/α-hetero) is 1. The molecule has 0 bridgehead atoms. The summed E-state index contributed by atoms with van der Waals surface area (Å²) in [7, 11) is 0. The quantitative estimate of drug-likeness (QED) is 0.624. The summed E-state index contributed by atoms with van der Waals surface area (Å²) in [6.45, 7) is 3.43. The van der Waals surface area contributed by atoms with Gasteiger partial charge in [-0.05, 0) is 25.8 Å². The van der Waals surface area contributed by atoms with E-state index in [0.29, 0.717) is 12.0 Å². The van der Waals surface area contributed by atoms with Crippen LogP contribution in [0.4, 0.5) is 0 Å². The lowest BCUT2D eigenvalue weighted by molar-refractivity contribution is -0.117. The number of primary amides is 1. The first-order chi connectivity index (χ1) is 7.99. The lowest BCUT2D eigenvalue weighted by Crippen LogP contribution is -2.10. The molecular weight excluding hydrogens is 214 g/mol. The predicted octanol–water partition coefficient (Wildman–Crippen LogP) is 2.25. The van der Waals surface area contributed by atoms with E-state index < -0.39 is 0 Å². The highest BCUT2D eigenvalue weighted by Crippen LogP contribution is 2.08. The molecule has 0 atom stereocenters. The normalized spacial score (nSPS) is 11.3. The zero-order valence-corrected chi connectivity index (χ0v) is 10.2. The summed E-state index contributed by atoms with van der Waals surface area (Å²) in [5, 5.41) is 0. The van der Waals surface area contributed by atoms with Crippen molar-refractivity contribution in [3.8, 4) is 0 Å². The van der Waals surface area contributed by atoms with Crippen LogP contribution in [-0.4, -0.2) is 11.7 Å². The van der Waals surface area contributed by atoms with Crippen molar-refractivity contribution in [2.24, 2.45) is 5.73 Å². The lowest BCUT2D eigenvalue weighted by atomic mass is 10.0. The number of carbonyl (C=O) groups excluding carboxylic acids is 2. The number of ketones is 1. The van der Waals surface area contributed by atoms with Crippen LogP contribution in [0.3, 0.4) is 0 Å². The van der Waals surface area contributed by atoms with Crippen LogP contribution in [0.2, 0.25) is 0 Å². The number of hydrogen-bond acceptors (Lipinski definition) is 2. The van der Waals surface area contributed by atoms with Crippen LogP contribution in [0.25, 0.3) is 0 Å². The van der Waals surface area contributed by atoms with Gasteiger partial charge in [-0.3, -0.25) is 9.59 Å². The maximum absolute atomic E-state index is 11.1. The van der Waals surface area contributed by atoms with Crippen molar-refractivity contribution in [1.29, 1.82) is 0 Å².